The first-order chi connectivity index (χ1) is 7.47. The number of carbonyl (C=O) groups excluding carboxylic acids is 1. The Bertz CT molecular complexity index is 262. The third-order valence-corrected chi connectivity index (χ3v) is 1.88. The van der Waals surface area contributed by atoms with Crippen LogP contribution in [0.2, 0.25) is 0 Å². The van der Waals surface area contributed by atoms with Gasteiger partial charge in [-0.3, -0.25) is 0 Å². The Morgan fingerprint density at radius 3 is 2.44 bits per heavy atom. The Labute approximate surface area is 95.9 Å². The normalized spacial score (nSPS) is 12.8. The Kier molecular flexibility index (Phi) is 7.00. The lowest BCUT2D eigenvalue weighted by Crippen LogP contribution is -2.45. The van der Waals surface area contributed by atoms with E-state index in [-0.39, 0.29) is 5.92 Å². The minimum atomic E-state index is -1.01. The number of carbonyl (C=O) groups is 2. The van der Waals surface area contributed by atoms with E-state index in [0.29, 0.717) is 6.42 Å². The van der Waals surface area contributed by atoms with Crippen LogP contribution in [-0.4, -0.2) is 23.1 Å². The molecule has 0 radical (unpaired) electrons. The summed E-state index contributed by atoms with van der Waals surface area (Å²) in [7, 11) is 0. The number of nitrogens with one attached hydrogen (secondary N) is 2. The van der Waals surface area contributed by atoms with Gasteiger partial charge in [-0.2, -0.15) is 0 Å². The van der Waals surface area contributed by atoms with Crippen LogP contribution in [0.1, 0.15) is 33.6 Å². The van der Waals surface area contributed by atoms with Crippen LogP contribution in [0.4, 0.5) is 4.79 Å². The van der Waals surface area contributed by atoms with Crippen LogP contribution < -0.4 is 10.6 Å². The lowest BCUT2D eigenvalue weighted by atomic mass is 10.0. The number of urea groups is 1. The number of rotatable bonds is 6. The number of allylic oxidation sites excluding steroid dienone is 1. The van der Waals surface area contributed by atoms with Gasteiger partial charge >= 0.3 is 12.0 Å². The molecule has 0 aromatic heterocycles. The maximum Gasteiger partial charge on any atom is 0.326 e. The maximum absolute atomic E-state index is 11.3. The quantitative estimate of drug-likeness (QED) is 0.647. The molecule has 0 rings (SSSR count). The molecule has 1 atom stereocenters. The third kappa shape index (κ3) is 6.86. The molecule has 0 aromatic rings. The van der Waals surface area contributed by atoms with Gasteiger partial charge in [-0.15, -0.1) is 0 Å². The van der Waals surface area contributed by atoms with Gasteiger partial charge in [0.15, 0.2) is 0 Å². The first kappa shape index (κ1) is 14.5. The highest BCUT2D eigenvalue weighted by atomic mass is 16.4. The predicted molar refractivity (Wildman–Crippen MR) is 62.0 cm³/mol. The average molecular weight is 228 g/mol. The van der Waals surface area contributed by atoms with E-state index in [1.807, 2.05) is 20.8 Å². The number of hydrogen-bond donors (Lipinski definition) is 3. The summed E-state index contributed by atoms with van der Waals surface area (Å²) in [5.74, 6) is -0.795. The topological polar surface area (TPSA) is 78.4 Å². The second-order valence-electron chi connectivity index (χ2n) is 3.95. The van der Waals surface area contributed by atoms with Crippen LogP contribution in [0, 0.1) is 5.92 Å². The van der Waals surface area contributed by atoms with Crippen molar-refractivity contribution in [3.05, 3.63) is 12.3 Å². The fourth-order valence-electron chi connectivity index (χ4n) is 1.15. The van der Waals surface area contributed by atoms with Crippen LogP contribution in [0.5, 0.6) is 0 Å². The van der Waals surface area contributed by atoms with Gasteiger partial charge in [0.05, 0.1) is 0 Å². The molecule has 0 aliphatic heterocycles. The lowest BCUT2D eigenvalue weighted by Gasteiger charge is -2.15. The molecule has 2 amide bonds. The van der Waals surface area contributed by atoms with Crippen molar-refractivity contribution in [1.29, 1.82) is 0 Å². The van der Waals surface area contributed by atoms with Gasteiger partial charge in [0.1, 0.15) is 6.04 Å². The van der Waals surface area contributed by atoms with E-state index in [9.17, 15) is 9.59 Å². The average Bonchev–Trinajstić information content (AvgIpc) is 2.16. The zero-order chi connectivity index (χ0) is 12.6. The SMILES string of the molecule is CC/C=C/NC(=O)NC(CC(C)C)C(=O)O. The minimum Gasteiger partial charge on any atom is -0.480 e. The molecule has 5 nitrogen and oxygen atoms in total. The van der Waals surface area contributed by atoms with Crippen molar-refractivity contribution in [3.63, 3.8) is 0 Å². The molecule has 0 aliphatic carbocycles. The summed E-state index contributed by atoms with van der Waals surface area (Å²) in [4.78, 5) is 22.1. The molecule has 0 aromatic carbocycles. The maximum atomic E-state index is 11.3. The Hall–Kier alpha value is -1.52. The number of aliphatic carboxylic acids is 1. The second-order valence-corrected chi connectivity index (χ2v) is 3.95. The van der Waals surface area contributed by atoms with Gasteiger partial charge in [0.2, 0.25) is 0 Å². The zero-order valence-corrected chi connectivity index (χ0v) is 9.99. The molecular weight excluding hydrogens is 208 g/mol. The Morgan fingerprint density at radius 1 is 1.38 bits per heavy atom. The Balaban J connectivity index is 4.13. The molecule has 5 heteroatoms. The standard InChI is InChI=1S/C11H20N2O3/c1-4-5-6-12-11(16)13-9(10(14)15)7-8(2)3/h5-6,8-9H,4,7H2,1-3H3,(H,14,15)(H2,12,13,16)/b6-5+. The van der Waals surface area contributed by atoms with Crippen molar-refractivity contribution in [2.45, 2.75) is 39.7 Å². The van der Waals surface area contributed by atoms with Crippen LogP contribution in [0.15, 0.2) is 12.3 Å². The number of hydrogen-bond acceptors (Lipinski definition) is 2. The first-order valence-electron chi connectivity index (χ1n) is 5.42. The molecule has 0 spiro atoms. The molecule has 3 N–H and O–H groups in total. The Morgan fingerprint density at radius 2 is 2.00 bits per heavy atom. The van der Waals surface area contributed by atoms with E-state index in [1.54, 1.807) is 6.08 Å². The zero-order valence-electron chi connectivity index (χ0n) is 9.99. The van der Waals surface area contributed by atoms with Crippen molar-refractivity contribution in [3.8, 4) is 0 Å². The van der Waals surface area contributed by atoms with Crippen molar-refractivity contribution in [1.82, 2.24) is 10.6 Å². The predicted octanol–water partition coefficient (Wildman–Crippen LogP) is 1.71. The fraction of sp³-hybridized carbons (Fsp3) is 0.636. The summed E-state index contributed by atoms with van der Waals surface area (Å²) < 4.78 is 0. The van der Waals surface area contributed by atoms with Crippen molar-refractivity contribution < 1.29 is 14.7 Å². The van der Waals surface area contributed by atoms with Crippen molar-refractivity contribution >= 4 is 12.0 Å². The largest absolute Gasteiger partial charge is 0.480 e. The fourth-order valence-corrected chi connectivity index (χ4v) is 1.15. The summed E-state index contributed by atoms with van der Waals surface area (Å²) in [6, 6.07) is -1.33. The molecule has 0 fully saturated rings. The van der Waals surface area contributed by atoms with Gasteiger partial charge in [-0.25, -0.2) is 9.59 Å². The monoisotopic (exact) mass is 228 g/mol. The van der Waals surface area contributed by atoms with E-state index < -0.39 is 18.0 Å². The van der Waals surface area contributed by atoms with E-state index >= 15 is 0 Å². The van der Waals surface area contributed by atoms with E-state index in [4.69, 9.17) is 5.11 Å². The number of amides is 2. The van der Waals surface area contributed by atoms with E-state index in [1.165, 1.54) is 6.20 Å². The highest BCUT2D eigenvalue weighted by molar-refractivity contribution is 5.82. The van der Waals surface area contributed by atoms with Gasteiger partial charge in [-0.05, 0) is 18.8 Å². The molecule has 0 saturated heterocycles. The smallest absolute Gasteiger partial charge is 0.326 e. The van der Waals surface area contributed by atoms with Crippen molar-refractivity contribution in [2.75, 3.05) is 0 Å². The summed E-state index contributed by atoms with van der Waals surface area (Å²) in [5, 5.41) is 13.7. The highest BCUT2D eigenvalue weighted by Crippen LogP contribution is 2.04. The molecule has 0 aliphatic rings. The minimum absolute atomic E-state index is 0.215. The summed E-state index contributed by atoms with van der Waals surface area (Å²) >= 11 is 0. The number of carboxylic acid groups (broad SMARTS) is 1. The summed E-state index contributed by atoms with van der Waals surface area (Å²) in [6.45, 7) is 5.76. The summed E-state index contributed by atoms with van der Waals surface area (Å²) in [5.41, 5.74) is 0. The molecular formula is C11H20N2O3. The molecule has 0 saturated carbocycles. The van der Waals surface area contributed by atoms with Gasteiger partial charge in [-0.1, -0.05) is 26.8 Å². The van der Waals surface area contributed by atoms with E-state index in [2.05, 4.69) is 10.6 Å². The first-order valence-corrected chi connectivity index (χ1v) is 5.42. The van der Waals surface area contributed by atoms with Crippen LogP contribution >= 0.6 is 0 Å². The lowest BCUT2D eigenvalue weighted by molar-refractivity contribution is -0.139. The molecule has 0 heterocycles. The third-order valence-electron chi connectivity index (χ3n) is 1.88. The van der Waals surface area contributed by atoms with Crippen molar-refractivity contribution in [2.24, 2.45) is 5.92 Å². The van der Waals surface area contributed by atoms with Gasteiger partial charge in [0.25, 0.3) is 0 Å². The van der Waals surface area contributed by atoms with Crippen LogP contribution in [-0.2, 0) is 4.79 Å². The molecule has 1 unspecified atom stereocenters. The van der Waals surface area contributed by atoms with Gasteiger partial charge in [0, 0.05) is 6.20 Å². The molecule has 16 heavy (non-hydrogen) atoms. The van der Waals surface area contributed by atoms with E-state index in [0.717, 1.165) is 6.42 Å². The van der Waals surface area contributed by atoms with Crippen LogP contribution in [0.3, 0.4) is 0 Å². The molecule has 0 bridgehead atoms. The van der Waals surface area contributed by atoms with Gasteiger partial charge < -0.3 is 15.7 Å². The second kappa shape index (κ2) is 7.73. The molecule has 92 valence electrons. The summed E-state index contributed by atoms with van der Waals surface area (Å²) in [6.07, 6.45) is 4.51. The highest BCUT2D eigenvalue weighted by Gasteiger charge is 2.20. The van der Waals surface area contributed by atoms with Crippen LogP contribution in [0.25, 0.3) is 0 Å². The number of carboxylic acids is 1.